The van der Waals surface area contributed by atoms with Crippen molar-refractivity contribution < 1.29 is 4.79 Å². The molecule has 2 atom stereocenters. The van der Waals surface area contributed by atoms with E-state index in [9.17, 15) is 4.79 Å². The van der Waals surface area contributed by atoms with Crippen molar-refractivity contribution in [1.29, 1.82) is 0 Å². The van der Waals surface area contributed by atoms with Crippen LogP contribution in [-0.2, 0) is 11.3 Å². The highest BCUT2D eigenvalue weighted by Gasteiger charge is 2.30. The standard InChI is InChI=1S/C20H31N3O/c1-16-12-19(22(2)20(24)14-21-13-17-8-9-17)10-11-23(16)15-18-6-4-3-5-7-18/h3-7,16-17,19,21H,8-15H2,1-2H3. The molecule has 0 bridgehead atoms. The Balaban J connectivity index is 1.44. The first kappa shape index (κ1) is 17.4. The van der Waals surface area contributed by atoms with E-state index in [4.69, 9.17) is 0 Å². The minimum absolute atomic E-state index is 0.240. The van der Waals surface area contributed by atoms with Crippen LogP contribution in [0.2, 0.25) is 0 Å². The van der Waals surface area contributed by atoms with Gasteiger partial charge in [0.25, 0.3) is 0 Å². The quantitative estimate of drug-likeness (QED) is 0.835. The fraction of sp³-hybridized carbons (Fsp3) is 0.650. The van der Waals surface area contributed by atoms with Gasteiger partial charge in [0.05, 0.1) is 6.54 Å². The number of nitrogens with one attached hydrogen (secondary N) is 1. The van der Waals surface area contributed by atoms with E-state index in [1.807, 2.05) is 11.9 Å². The fourth-order valence-electron chi connectivity index (χ4n) is 3.63. The van der Waals surface area contributed by atoms with E-state index in [1.54, 1.807) is 0 Å². The molecule has 1 heterocycles. The van der Waals surface area contributed by atoms with Crippen molar-refractivity contribution in [1.82, 2.24) is 15.1 Å². The predicted octanol–water partition coefficient (Wildman–Crippen LogP) is 2.50. The summed E-state index contributed by atoms with van der Waals surface area (Å²) in [4.78, 5) is 16.9. The third kappa shape index (κ3) is 4.81. The maximum absolute atomic E-state index is 12.4. The number of hydrogen-bond donors (Lipinski definition) is 1. The number of benzene rings is 1. The van der Waals surface area contributed by atoms with Gasteiger partial charge in [-0.25, -0.2) is 0 Å². The predicted molar refractivity (Wildman–Crippen MR) is 97.7 cm³/mol. The van der Waals surface area contributed by atoms with Gasteiger partial charge in [-0.2, -0.15) is 0 Å². The molecule has 1 aromatic carbocycles. The molecule has 0 spiro atoms. The molecule has 24 heavy (non-hydrogen) atoms. The molecule has 1 saturated heterocycles. The summed E-state index contributed by atoms with van der Waals surface area (Å²) >= 11 is 0. The van der Waals surface area contributed by atoms with Crippen LogP contribution in [0.4, 0.5) is 0 Å². The number of likely N-dealkylation sites (N-methyl/N-ethyl adjacent to an activating group) is 1. The van der Waals surface area contributed by atoms with Gasteiger partial charge in [0, 0.05) is 32.2 Å². The van der Waals surface area contributed by atoms with Crippen LogP contribution in [0.15, 0.2) is 30.3 Å². The van der Waals surface area contributed by atoms with Gasteiger partial charge in [0.2, 0.25) is 5.91 Å². The molecular weight excluding hydrogens is 298 g/mol. The molecule has 1 aliphatic heterocycles. The number of hydrogen-bond acceptors (Lipinski definition) is 3. The highest BCUT2D eigenvalue weighted by atomic mass is 16.2. The maximum Gasteiger partial charge on any atom is 0.236 e. The molecule has 0 aromatic heterocycles. The zero-order valence-corrected chi connectivity index (χ0v) is 15.1. The largest absolute Gasteiger partial charge is 0.342 e. The summed E-state index contributed by atoms with van der Waals surface area (Å²) in [6, 6.07) is 11.6. The van der Waals surface area contributed by atoms with Gasteiger partial charge in [0.1, 0.15) is 0 Å². The Labute approximate surface area is 146 Å². The first-order valence-electron chi connectivity index (χ1n) is 9.38. The SMILES string of the molecule is CC1CC(N(C)C(=O)CNCC2CC2)CCN1Cc1ccccc1. The van der Waals surface area contributed by atoms with Crippen LogP contribution in [0.5, 0.6) is 0 Å². The minimum atomic E-state index is 0.240. The topological polar surface area (TPSA) is 35.6 Å². The Bertz CT molecular complexity index is 529. The Morgan fingerprint density at radius 3 is 2.67 bits per heavy atom. The molecule has 1 aliphatic carbocycles. The molecule has 2 unspecified atom stereocenters. The van der Waals surface area contributed by atoms with Gasteiger partial charge in [-0.05, 0) is 50.6 Å². The summed E-state index contributed by atoms with van der Waals surface area (Å²) in [5.41, 5.74) is 1.37. The van der Waals surface area contributed by atoms with Crippen LogP contribution in [-0.4, -0.2) is 54.5 Å². The summed E-state index contributed by atoms with van der Waals surface area (Å²) in [7, 11) is 1.98. The molecule has 0 radical (unpaired) electrons. The molecule has 2 aliphatic rings. The summed E-state index contributed by atoms with van der Waals surface area (Å²) in [5.74, 6) is 1.06. The van der Waals surface area contributed by atoms with Crippen molar-refractivity contribution in [2.24, 2.45) is 5.92 Å². The number of piperidine rings is 1. The van der Waals surface area contributed by atoms with Gasteiger partial charge in [0.15, 0.2) is 0 Å². The van der Waals surface area contributed by atoms with E-state index in [0.717, 1.165) is 38.4 Å². The Hall–Kier alpha value is -1.39. The van der Waals surface area contributed by atoms with Crippen molar-refractivity contribution in [3.8, 4) is 0 Å². The summed E-state index contributed by atoms with van der Waals surface area (Å²) in [6.07, 6.45) is 4.79. The maximum atomic E-state index is 12.4. The number of carbonyl (C=O) groups is 1. The number of nitrogens with zero attached hydrogens (tertiary/aromatic N) is 2. The van der Waals surface area contributed by atoms with E-state index in [0.29, 0.717) is 18.6 Å². The van der Waals surface area contributed by atoms with Crippen molar-refractivity contribution >= 4 is 5.91 Å². The lowest BCUT2D eigenvalue weighted by Crippen LogP contribution is -2.50. The molecule has 132 valence electrons. The van der Waals surface area contributed by atoms with E-state index in [1.165, 1.54) is 18.4 Å². The van der Waals surface area contributed by atoms with Gasteiger partial charge in [-0.15, -0.1) is 0 Å². The number of rotatable bonds is 7. The zero-order valence-electron chi connectivity index (χ0n) is 15.1. The number of carbonyl (C=O) groups excluding carboxylic acids is 1. The zero-order chi connectivity index (χ0) is 16.9. The number of likely N-dealkylation sites (tertiary alicyclic amines) is 1. The highest BCUT2D eigenvalue weighted by molar-refractivity contribution is 5.78. The number of amides is 1. The first-order chi connectivity index (χ1) is 11.6. The summed E-state index contributed by atoms with van der Waals surface area (Å²) in [5, 5.41) is 3.32. The van der Waals surface area contributed by atoms with Gasteiger partial charge < -0.3 is 10.2 Å². The van der Waals surface area contributed by atoms with Crippen molar-refractivity contribution in [2.75, 3.05) is 26.7 Å². The molecule has 4 nitrogen and oxygen atoms in total. The van der Waals surface area contributed by atoms with Gasteiger partial charge in [-0.1, -0.05) is 30.3 Å². The molecule has 1 saturated carbocycles. The van der Waals surface area contributed by atoms with Crippen LogP contribution < -0.4 is 5.32 Å². The van der Waals surface area contributed by atoms with Crippen LogP contribution in [0.25, 0.3) is 0 Å². The molecule has 2 fully saturated rings. The Kier molecular flexibility index (Phi) is 5.90. The third-order valence-electron chi connectivity index (χ3n) is 5.56. The lowest BCUT2D eigenvalue weighted by atomic mass is 9.96. The molecule has 3 rings (SSSR count). The van der Waals surface area contributed by atoms with Crippen LogP contribution in [0.1, 0.15) is 38.2 Å². The monoisotopic (exact) mass is 329 g/mol. The van der Waals surface area contributed by atoms with Crippen molar-refractivity contribution in [3.63, 3.8) is 0 Å². The normalized spacial score (nSPS) is 24.8. The average Bonchev–Trinajstić information content (AvgIpc) is 3.41. The average molecular weight is 329 g/mol. The highest BCUT2D eigenvalue weighted by Crippen LogP contribution is 2.27. The second-order valence-electron chi connectivity index (χ2n) is 7.56. The Morgan fingerprint density at radius 2 is 2.00 bits per heavy atom. The molecule has 4 heteroatoms. The van der Waals surface area contributed by atoms with Crippen molar-refractivity contribution in [3.05, 3.63) is 35.9 Å². The van der Waals surface area contributed by atoms with Gasteiger partial charge >= 0.3 is 0 Å². The molecular formula is C20H31N3O. The van der Waals surface area contributed by atoms with Gasteiger partial charge in [-0.3, -0.25) is 9.69 Å². The lowest BCUT2D eigenvalue weighted by Gasteiger charge is -2.41. The van der Waals surface area contributed by atoms with E-state index in [-0.39, 0.29) is 5.91 Å². The smallest absolute Gasteiger partial charge is 0.236 e. The van der Waals surface area contributed by atoms with Crippen molar-refractivity contribution in [2.45, 2.75) is 51.2 Å². The second kappa shape index (κ2) is 8.13. The summed E-state index contributed by atoms with van der Waals surface area (Å²) in [6.45, 7) is 5.86. The molecule has 1 N–H and O–H groups in total. The molecule has 1 aromatic rings. The lowest BCUT2D eigenvalue weighted by molar-refractivity contribution is -0.132. The van der Waals surface area contributed by atoms with E-state index >= 15 is 0 Å². The van der Waals surface area contributed by atoms with Crippen LogP contribution >= 0.6 is 0 Å². The van der Waals surface area contributed by atoms with E-state index < -0.39 is 0 Å². The Morgan fingerprint density at radius 1 is 1.25 bits per heavy atom. The minimum Gasteiger partial charge on any atom is -0.342 e. The molecule has 1 amide bonds. The first-order valence-corrected chi connectivity index (χ1v) is 9.38. The second-order valence-corrected chi connectivity index (χ2v) is 7.56. The van der Waals surface area contributed by atoms with Crippen LogP contribution in [0.3, 0.4) is 0 Å². The van der Waals surface area contributed by atoms with Crippen LogP contribution in [0, 0.1) is 5.92 Å². The fourth-order valence-corrected chi connectivity index (χ4v) is 3.63. The van der Waals surface area contributed by atoms with E-state index in [2.05, 4.69) is 47.5 Å². The summed E-state index contributed by atoms with van der Waals surface area (Å²) < 4.78 is 0. The third-order valence-corrected chi connectivity index (χ3v) is 5.56.